The highest BCUT2D eigenvalue weighted by Gasteiger charge is 2.22. The molecule has 30 heavy (non-hydrogen) atoms. The van der Waals surface area contributed by atoms with Crippen molar-refractivity contribution in [2.75, 3.05) is 13.2 Å². The Morgan fingerprint density at radius 3 is 2.87 bits per heavy atom. The normalized spacial score (nSPS) is 13.1. The Morgan fingerprint density at radius 1 is 1.13 bits per heavy atom. The Labute approximate surface area is 173 Å². The van der Waals surface area contributed by atoms with E-state index in [0.717, 1.165) is 39.9 Å². The molecule has 0 atom stereocenters. The Balaban J connectivity index is 1.54. The third-order valence-electron chi connectivity index (χ3n) is 5.17. The summed E-state index contributed by atoms with van der Waals surface area (Å²) in [6.07, 6.45) is 7.23. The molecule has 9 heteroatoms. The smallest absolute Gasteiger partial charge is 0.178 e. The minimum Gasteiger partial charge on any atom is -0.491 e. The van der Waals surface area contributed by atoms with Gasteiger partial charge in [-0.05, 0) is 26.0 Å². The van der Waals surface area contributed by atoms with Gasteiger partial charge in [0.25, 0.3) is 0 Å². The number of aliphatic hydroxyl groups is 1. The summed E-state index contributed by atoms with van der Waals surface area (Å²) in [5.74, 6) is 2.40. The molecule has 0 spiro atoms. The van der Waals surface area contributed by atoms with E-state index in [4.69, 9.17) is 14.8 Å². The van der Waals surface area contributed by atoms with Crippen LogP contribution in [0, 0.1) is 0 Å². The second kappa shape index (κ2) is 7.42. The van der Waals surface area contributed by atoms with Gasteiger partial charge in [-0.3, -0.25) is 0 Å². The summed E-state index contributed by atoms with van der Waals surface area (Å²) in [6.45, 7) is 6.01. The molecule has 0 saturated carbocycles. The zero-order valence-electron chi connectivity index (χ0n) is 16.9. The van der Waals surface area contributed by atoms with Gasteiger partial charge in [0.2, 0.25) is 0 Å². The molecule has 154 valence electrons. The lowest BCUT2D eigenvalue weighted by atomic mass is 10.1. The number of aromatic nitrogens is 7. The molecule has 1 aliphatic rings. The number of hydrogen-bond donors (Lipinski definition) is 1. The molecule has 1 aliphatic heterocycles. The highest BCUT2D eigenvalue weighted by atomic mass is 16.5. The molecule has 0 amide bonds. The van der Waals surface area contributed by atoms with Crippen LogP contribution in [0.1, 0.15) is 19.9 Å². The number of hydrogen-bond acceptors (Lipinski definition) is 6. The van der Waals surface area contributed by atoms with Gasteiger partial charge in [-0.1, -0.05) is 6.07 Å². The number of nitrogens with zero attached hydrogens (tertiary/aromatic N) is 7. The van der Waals surface area contributed by atoms with Crippen molar-refractivity contribution < 1.29 is 9.84 Å². The van der Waals surface area contributed by atoms with E-state index in [1.165, 1.54) is 0 Å². The van der Waals surface area contributed by atoms with Crippen LogP contribution in [0.5, 0.6) is 5.75 Å². The summed E-state index contributed by atoms with van der Waals surface area (Å²) in [7, 11) is 0. The van der Waals surface area contributed by atoms with Crippen molar-refractivity contribution in [3.8, 4) is 39.9 Å². The largest absolute Gasteiger partial charge is 0.491 e. The summed E-state index contributed by atoms with van der Waals surface area (Å²) in [6, 6.07) is 6.25. The quantitative estimate of drug-likeness (QED) is 0.548. The molecule has 5 rings (SSSR count). The van der Waals surface area contributed by atoms with Gasteiger partial charge < -0.3 is 19.0 Å². The molecule has 4 aromatic rings. The molecule has 0 aliphatic carbocycles. The Morgan fingerprint density at radius 2 is 2.03 bits per heavy atom. The molecular formula is C21H23N7O2. The first-order chi connectivity index (χ1) is 14.6. The minimum atomic E-state index is 0.0820. The second-order valence-electron chi connectivity index (χ2n) is 7.54. The maximum Gasteiger partial charge on any atom is 0.178 e. The van der Waals surface area contributed by atoms with Crippen LogP contribution in [-0.2, 0) is 13.1 Å². The minimum absolute atomic E-state index is 0.0820. The van der Waals surface area contributed by atoms with Gasteiger partial charge in [0.05, 0.1) is 30.7 Å². The van der Waals surface area contributed by atoms with Gasteiger partial charge in [0, 0.05) is 30.5 Å². The van der Waals surface area contributed by atoms with Crippen molar-refractivity contribution in [1.82, 2.24) is 33.9 Å². The van der Waals surface area contributed by atoms with Gasteiger partial charge in [-0.15, -0.1) is 0 Å². The topological polar surface area (TPSA) is 95.8 Å². The number of benzene rings is 1. The number of rotatable bonds is 5. The first-order valence-corrected chi connectivity index (χ1v) is 10.0. The zero-order valence-corrected chi connectivity index (χ0v) is 16.9. The van der Waals surface area contributed by atoms with Gasteiger partial charge in [0.1, 0.15) is 30.2 Å². The number of aliphatic hydroxyl groups excluding tert-OH is 1. The van der Waals surface area contributed by atoms with Crippen molar-refractivity contribution in [1.29, 1.82) is 0 Å². The lowest BCUT2D eigenvalue weighted by molar-refractivity contribution is 0.276. The van der Waals surface area contributed by atoms with Crippen LogP contribution in [0.15, 0.2) is 43.2 Å². The van der Waals surface area contributed by atoms with E-state index >= 15 is 0 Å². The monoisotopic (exact) mass is 405 g/mol. The lowest BCUT2D eigenvalue weighted by Crippen LogP contribution is -2.06. The zero-order chi connectivity index (χ0) is 20.7. The SMILES string of the molecule is CC(C)n1ncnc1-c1cn2c(n1)-c1ccc(-c3cn(CCO)cn3)cc1OCC2. The first-order valence-electron chi connectivity index (χ1n) is 10.0. The fraction of sp³-hybridized carbons (Fsp3) is 0.333. The molecule has 0 fully saturated rings. The van der Waals surface area contributed by atoms with Crippen molar-refractivity contribution in [2.24, 2.45) is 0 Å². The molecule has 1 aromatic carbocycles. The van der Waals surface area contributed by atoms with Crippen molar-refractivity contribution >= 4 is 0 Å². The molecule has 3 aromatic heterocycles. The van der Waals surface area contributed by atoms with Crippen LogP contribution in [0.25, 0.3) is 34.2 Å². The van der Waals surface area contributed by atoms with Crippen LogP contribution in [0.4, 0.5) is 0 Å². The molecule has 0 unspecified atom stereocenters. The van der Waals surface area contributed by atoms with Crippen LogP contribution in [0.3, 0.4) is 0 Å². The standard InChI is InChI=1S/C21H23N7O2/c1-14(2)28-21(22-12-24-28)18-11-27-6-8-30-19-9-15(3-4-16(19)20(27)25-18)17-10-26(5-7-29)13-23-17/h3-4,9-14,29H,5-8H2,1-2H3. The fourth-order valence-corrected chi connectivity index (χ4v) is 3.71. The highest BCUT2D eigenvalue weighted by molar-refractivity contribution is 5.73. The number of imidazole rings is 2. The third kappa shape index (κ3) is 3.17. The van der Waals surface area contributed by atoms with Crippen molar-refractivity contribution in [3.05, 3.63) is 43.2 Å². The Bertz CT molecular complexity index is 1190. The van der Waals surface area contributed by atoms with Crippen LogP contribution >= 0.6 is 0 Å². The number of fused-ring (bicyclic) bond motifs is 3. The van der Waals surface area contributed by atoms with E-state index in [0.29, 0.717) is 19.7 Å². The molecule has 0 bridgehead atoms. The molecule has 4 heterocycles. The van der Waals surface area contributed by atoms with E-state index in [1.54, 1.807) is 12.7 Å². The van der Waals surface area contributed by atoms with E-state index in [1.807, 2.05) is 39.8 Å². The van der Waals surface area contributed by atoms with Gasteiger partial charge in [-0.2, -0.15) is 5.10 Å². The van der Waals surface area contributed by atoms with Crippen molar-refractivity contribution in [3.63, 3.8) is 0 Å². The molecule has 0 saturated heterocycles. The summed E-state index contributed by atoms with van der Waals surface area (Å²) < 4.78 is 11.9. The molecule has 0 radical (unpaired) electrons. The lowest BCUT2D eigenvalue weighted by Gasteiger charge is -2.09. The van der Waals surface area contributed by atoms with E-state index in [9.17, 15) is 0 Å². The highest BCUT2D eigenvalue weighted by Crippen LogP contribution is 2.36. The molecular weight excluding hydrogens is 382 g/mol. The third-order valence-corrected chi connectivity index (χ3v) is 5.17. The Kier molecular flexibility index (Phi) is 4.59. The second-order valence-corrected chi connectivity index (χ2v) is 7.54. The maximum absolute atomic E-state index is 9.11. The van der Waals surface area contributed by atoms with Crippen LogP contribution in [0.2, 0.25) is 0 Å². The maximum atomic E-state index is 9.11. The average Bonchev–Trinajstić information content (AvgIpc) is 3.46. The predicted molar refractivity (Wildman–Crippen MR) is 111 cm³/mol. The van der Waals surface area contributed by atoms with Gasteiger partial charge >= 0.3 is 0 Å². The number of ether oxygens (including phenoxy) is 1. The Hall–Kier alpha value is -3.46. The average molecular weight is 405 g/mol. The van der Waals surface area contributed by atoms with Crippen LogP contribution < -0.4 is 4.74 Å². The molecule has 9 nitrogen and oxygen atoms in total. The first kappa shape index (κ1) is 18.6. The van der Waals surface area contributed by atoms with E-state index in [2.05, 4.69) is 33.5 Å². The summed E-state index contributed by atoms with van der Waals surface area (Å²) >= 11 is 0. The van der Waals surface area contributed by atoms with E-state index < -0.39 is 0 Å². The summed E-state index contributed by atoms with van der Waals surface area (Å²) in [4.78, 5) is 13.7. The summed E-state index contributed by atoms with van der Waals surface area (Å²) in [5.41, 5.74) is 3.54. The summed E-state index contributed by atoms with van der Waals surface area (Å²) in [5, 5.41) is 13.4. The van der Waals surface area contributed by atoms with Crippen molar-refractivity contribution in [2.45, 2.75) is 33.0 Å². The fourth-order valence-electron chi connectivity index (χ4n) is 3.71. The van der Waals surface area contributed by atoms with E-state index in [-0.39, 0.29) is 12.6 Å². The van der Waals surface area contributed by atoms with Gasteiger partial charge in [0.15, 0.2) is 5.82 Å². The molecule has 1 N–H and O–H groups in total. The van der Waals surface area contributed by atoms with Crippen LogP contribution in [-0.4, -0.2) is 52.2 Å². The van der Waals surface area contributed by atoms with Gasteiger partial charge in [-0.25, -0.2) is 19.6 Å². The predicted octanol–water partition coefficient (Wildman–Crippen LogP) is 2.64.